The number of rotatable bonds is 3. The van der Waals surface area contributed by atoms with Gasteiger partial charge in [-0.05, 0) is 18.6 Å². The van der Waals surface area contributed by atoms with Crippen LogP contribution in [0.5, 0.6) is 0 Å². The fourth-order valence-electron chi connectivity index (χ4n) is 1.24. The number of aryl methyl sites for hydroxylation is 1. The lowest BCUT2D eigenvalue weighted by Crippen LogP contribution is -2.14. The molecule has 0 aliphatic heterocycles. The summed E-state index contributed by atoms with van der Waals surface area (Å²) in [6.45, 7) is 3.27. The Bertz CT molecular complexity index is 400. The van der Waals surface area contributed by atoms with Crippen molar-refractivity contribution in [2.45, 2.75) is 13.8 Å². The highest BCUT2D eigenvalue weighted by molar-refractivity contribution is 5.99. The molecule has 0 saturated heterocycles. The number of hydrogen-bond acceptors (Lipinski definition) is 3. The Morgan fingerprint density at radius 2 is 2.07 bits per heavy atom. The standard InChI is InChI=1S/C11H14N2O2/c1-7-3-4-9(11(15)6-12)5-10(7)13-8(2)14/h3-5H,6,12H2,1-2H3,(H,13,14). The third-order valence-corrected chi connectivity index (χ3v) is 2.06. The molecule has 0 fully saturated rings. The molecule has 0 atom stereocenters. The van der Waals surface area contributed by atoms with Gasteiger partial charge in [-0.3, -0.25) is 9.59 Å². The SMILES string of the molecule is CC(=O)Nc1cc(C(=O)CN)ccc1C. The van der Waals surface area contributed by atoms with Crippen LogP contribution in [0.25, 0.3) is 0 Å². The van der Waals surface area contributed by atoms with Crippen molar-refractivity contribution in [3.63, 3.8) is 0 Å². The summed E-state index contributed by atoms with van der Waals surface area (Å²) in [5, 5.41) is 2.66. The molecule has 0 aliphatic rings. The first kappa shape index (κ1) is 11.4. The summed E-state index contributed by atoms with van der Waals surface area (Å²) >= 11 is 0. The lowest BCUT2D eigenvalue weighted by Gasteiger charge is -2.08. The van der Waals surface area contributed by atoms with E-state index in [1.807, 2.05) is 6.92 Å². The molecule has 15 heavy (non-hydrogen) atoms. The maximum absolute atomic E-state index is 11.3. The number of anilines is 1. The van der Waals surface area contributed by atoms with Crippen molar-refractivity contribution < 1.29 is 9.59 Å². The van der Waals surface area contributed by atoms with Gasteiger partial charge in [-0.15, -0.1) is 0 Å². The average Bonchev–Trinajstić information content (AvgIpc) is 2.19. The van der Waals surface area contributed by atoms with Crippen molar-refractivity contribution in [1.82, 2.24) is 0 Å². The van der Waals surface area contributed by atoms with Gasteiger partial charge in [0, 0.05) is 18.2 Å². The predicted molar refractivity (Wildman–Crippen MR) is 58.9 cm³/mol. The van der Waals surface area contributed by atoms with E-state index in [0.717, 1.165) is 5.56 Å². The molecule has 0 aliphatic carbocycles. The topological polar surface area (TPSA) is 72.2 Å². The van der Waals surface area contributed by atoms with E-state index in [1.54, 1.807) is 18.2 Å². The number of ketones is 1. The number of benzene rings is 1. The first-order valence-corrected chi connectivity index (χ1v) is 4.66. The first-order chi connectivity index (χ1) is 7.04. The molecular formula is C11H14N2O2. The summed E-state index contributed by atoms with van der Waals surface area (Å²) in [7, 11) is 0. The average molecular weight is 206 g/mol. The van der Waals surface area contributed by atoms with Crippen LogP contribution in [0.4, 0.5) is 5.69 Å². The van der Waals surface area contributed by atoms with Gasteiger partial charge in [0.05, 0.1) is 6.54 Å². The van der Waals surface area contributed by atoms with E-state index < -0.39 is 0 Å². The Hall–Kier alpha value is -1.68. The van der Waals surface area contributed by atoms with Crippen molar-refractivity contribution >= 4 is 17.4 Å². The van der Waals surface area contributed by atoms with E-state index in [4.69, 9.17) is 5.73 Å². The van der Waals surface area contributed by atoms with E-state index in [1.165, 1.54) is 6.92 Å². The number of carbonyl (C=O) groups excluding carboxylic acids is 2. The van der Waals surface area contributed by atoms with Crippen LogP contribution in [0.1, 0.15) is 22.8 Å². The van der Waals surface area contributed by atoms with E-state index in [9.17, 15) is 9.59 Å². The fourth-order valence-corrected chi connectivity index (χ4v) is 1.24. The van der Waals surface area contributed by atoms with Crippen LogP contribution in [0.3, 0.4) is 0 Å². The molecule has 80 valence electrons. The number of carbonyl (C=O) groups is 2. The maximum Gasteiger partial charge on any atom is 0.221 e. The molecule has 0 bridgehead atoms. The van der Waals surface area contributed by atoms with E-state index >= 15 is 0 Å². The van der Waals surface area contributed by atoms with Crippen LogP contribution in [-0.4, -0.2) is 18.2 Å². The normalized spacial score (nSPS) is 9.80. The van der Waals surface area contributed by atoms with Crippen molar-refractivity contribution in [2.75, 3.05) is 11.9 Å². The second-order valence-electron chi connectivity index (χ2n) is 3.34. The number of Topliss-reactive ketones (excluding diaryl/α,β-unsaturated/α-hetero) is 1. The van der Waals surface area contributed by atoms with Crippen LogP contribution in [-0.2, 0) is 4.79 Å². The molecule has 4 nitrogen and oxygen atoms in total. The van der Waals surface area contributed by atoms with Crippen molar-refractivity contribution in [1.29, 1.82) is 0 Å². The molecule has 4 heteroatoms. The van der Waals surface area contributed by atoms with Crippen molar-refractivity contribution in [3.05, 3.63) is 29.3 Å². The molecule has 1 aromatic rings. The largest absolute Gasteiger partial charge is 0.326 e. The molecule has 1 amide bonds. The Balaban J connectivity index is 3.05. The molecule has 3 N–H and O–H groups in total. The number of nitrogens with one attached hydrogen (secondary N) is 1. The second kappa shape index (κ2) is 4.70. The summed E-state index contributed by atoms with van der Waals surface area (Å²) in [6.07, 6.45) is 0. The van der Waals surface area contributed by atoms with Gasteiger partial charge in [0.2, 0.25) is 5.91 Å². The monoisotopic (exact) mass is 206 g/mol. The summed E-state index contributed by atoms with van der Waals surface area (Å²) in [4.78, 5) is 22.2. The maximum atomic E-state index is 11.3. The van der Waals surface area contributed by atoms with Gasteiger partial charge in [-0.25, -0.2) is 0 Å². The lowest BCUT2D eigenvalue weighted by atomic mass is 10.1. The third kappa shape index (κ3) is 2.89. The van der Waals surface area contributed by atoms with Crippen molar-refractivity contribution in [2.24, 2.45) is 5.73 Å². The number of nitrogens with two attached hydrogens (primary N) is 1. The van der Waals surface area contributed by atoms with E-state index in [0.29, 0.717) is 11.3 Å². The Kier molecular flexibility index (Phi) is 3.57. The second-order valence-corrected chi connectivity index (χ2v) is 3.34. The van der Waals surface area contributed by atoms with Gasteiger partial charge >= 0.3 is 0 Å². The van der Waals surface area contributed by atoms with Crippen LogP contribution in [0, 0.1) is 6.92 Å². The van der Waals surface area contributed by atoms with Crippen LogP contribution < -0.4 is 11.1 Å². The molecule has 0 spiro atoms. The number of amides is 1. The zero-order chi connectivity index (χ0) is 11.4. The molecule has 1 rings (SSSR count). The smallest absolute Gasteiger partial charge is 0.221 e. The molecule has 0 heterocycles. The highest BCUT2D eigenvalue weighted by atomic mass is 16.1. The predicted octanol–water partition coefficient (Wildman–Crippen LogP) is 1.09. The van der Waals surface area contributed by atoms with Gasteiger partial charge in [-0.1, -0.05) is 12.1 Å². The quantitative estimate of drug-likeness (QED) is 0.727. The van der Waals surface area contributed by atoms with Gasteiger partial charge in [0.1, 0.15) is 0 Å². The molecule has 0 unspecified atom stereocenters. The lowest BCUT2D eigenvalue weighted by molar-refractivity contribution is -0.114. The number of hydrogen-bond donors (Lipinski definition) is 2. The molecule has 1 aromatic carbocycles. The highest BCUT2D eigenvalue weighted by Crippen LogP contribution is 2.16. The van der Waals surface area contributed by atoms with Crippen LogP contribution in [0.2, 0.25) is 0 Å². The summed E-state index contributed by atoms with van der Waals surface area (Å²) in [6, 6.07) is 5.13. The summed E-state index contributed by atoms with van der Waals surface area (Å²) in [5.74, 6) is -0.294. The minimum Gasteiger partial charge on any atom is -0.326 e. The molecule has 0 radical (unpaired) electrons. The van der Waals surface area contributed by atoms with Gasteiger partial charge in [-0.2, -0.15) is 0 Å². The van der Waals surface area contributed by atoms with Gasteiger partial charge in [0.15, 0.2) is 5.78 Å². The van der Waals surface area contributed by atoms with Crippen molar-refractivity contribution in [3.8, 4) is 0 Å². The van der Waals surface area contributed by atoms with E-state index in [-0.39, 0.29) is 18.2 Å². The van der Waals surface area contributed by atoms with E-state index in [2.05, 4.69) is 5.32 Å². The Morgan fingerprint density at radius 3 is 2.60 bits per heavy atom. The van der Waals surface area contributed by atoms with Gasteiger partial charge in [0.25, 0.3) is 0 Å². The Morgan fingerprint density at radius 1 is 1.40 bits per heavy atom. The summed E-state index contributed by atoms with van der Waals surface area (Å²) < 4.78 is 0. The highest BCUT2D eigenvalue weighted by Gasteiger charge is 2.06. The first-order valence-electron chi connectivity index (χ1n) is 4.66. The molecule has 0 aromatic heterocycles. The Labute approximate surface area is 88.5 Å². The summed E-state index contributed by atoms with van der Waals surface area (Å²) in [5.41, 5.74) is 7.35. The third-order valence-electron chi connectivity index (χ3n) is 2.06. The molecular weight excluding hydrogens is 192 g/mol. The van der Waals surface area contributed by atoms with Crippen LogP contribution >= 0.6 is 0 Å². The van der Waals surface area contributed by atoms with Gasteiger partial charge < -0.3 is 11.1 Å². The fraction of sp³-hybridized carbons (Fsp3) is 0.273. The molecule has 0 saturated carbocycles. The van der Waals surface area contributed by atoms with Crippen LogP contribution in [0.15, 0.2) is 18.2 Å². The minimum atomic E-state index is -0.157. The minimum absolute atomic E-state index is 0.0252. The zero-order valence-electron chi connectivity index (χ0n) is 8.83. The zero-order valence-corrected chi connectivity index (χ0v) is 8.83.